The summed E-state index contributed by atoms with van der Waals surface area (Å²) < 4.78 is 9.27. The molecule has 0 aliphatic carbocycles. The Morgan fingerprint density at radius 3 is 2.55 bits per heavy atom. The third-order valence-electron chi connectivity index (χ3n) is 4.81. The summed E-state index contributed by atoms with van der Waals surface area (Å²) in [5.74, 6) is 0.496. The lowest BCUT2D eigenvalue weighted by atomic mass is 10.1. The first kappa shape index (κ1) is 22.1. The Balaban J connectivity index is 1.64. The summed E-state index contributed by atoms with van der Waals surface area (Å²) in [5.41, 5.74) is 3.56. The van der Waals surface area contributed by atoms with Gasteiger partial charge in [0, 0.05) is 32.0 Å². The molecule has 4 rings (SSSR count). The van der Waals surface area contributed by atoms with Crippen LogP contribution in [0.2, 0.25) is 5.02 Å². The van der Waals surface area contributed by atoms with Crippen LogP contribution >= 0.6 is 51.5 Å². The van der Waals surface area contributed by atoms with Gasteiger partial charge in [-0.1, -0.05) is 57.5 Å². The fraction of sp³-hybridized carbons (Fsp3) is 0.130. The predicted octanol–water partition coefficient (Wildman–Crippen LogP) is 6.64. The number of nitrogens with zero attached hydrogens (tertiary/aromatic N) is 2. The zero-order chi connectivity index (χ0) is 22.1. The number of carbonyl (C=O) groups is 1. The molecule has 0 unspecified atom stereocenters. The largest absolute Gasteiger partial charge is 0.488 e. The molecule has 0 radical (unpaired) electrons. The summed E-state index contributed by atoms with van der Waals surface area (Å²) >= 11 is 16.6. The molecule has 2 aromatic carbocycles. The van der Waals surface area contributed by atoms with Gasteiger partial charge in [-0.15, -0.1) is 0 Å². The van der Waals surface area contributed by atoms with Crippen LogP contribution in [0.3, 0.4) is 0 Å². The number of halogens is 2. The predicted molar refractivity (Wildman–Crippen MR) is 135 cm³/mol. The minimum Gasteiger partial charge on any atom is -0.488 e. The number of benzene rings is 2. The summed E-state index contributed by atoms with van der Waals surface area (Å²) in [7, 11) is 0. The maximum Gasteiger partial charge on any atom is 0.285 e. The van der Waals surface area contributed by atoms with Crippen LogP contribution in [0.1, 0.15) is 22.5 Å². The number of thioether (sulfide) groups is 1. The number of amides is 1. The lowest BCUT2D eigenvalue weighted by Gasteiger charge is -2.20. The molecule has 8 heteroatoms. The van der Waals surface area contributed by atoms with Crippen molar-refractivity contribution in [1.29, 1.82) is 0 Å². The molecular formula is C23H18BrClN2O2S2. The van der Waals surface area contributed by atoms with Gasteiger partial charge in [-0.2, -0.15) is 5.01 Å². The fourth-order valence-corrected chi connectivity index (χ4v) is 5.09. The molecular weight excluding hydrogens is 516 g/mol. The Labute approximate surface area is 203 Å². The van der Waals surface area contributed by atoms with Gasteiger partial charge in [0.05, 0.1) is 4.91 Å². The highest BCUT2D eigenvalue weighted by atomic mass is 79.9. The lowest BCUT2D eigenvalue weighted by molar-refractivity contribution is -0.114. The van der Waals surface area contributed by atoms with Crippen molar-refractivity contribution in [2.24, 2.45) is 0 Å². The summed E-state index contributed by atoms with van der Waals surface area (Å²) in [5, 5.41) is 2.19. The normalized spacial score (nSPS) is 15.2. The fourth-order valence-electron chi connectivity index (χ4n) is 3.28. The van der Waals surface area contributed by atoms with Crippen LogP contribution < -0.4 is 9.75 Å². The number of carbonyl (C=O) groups excluding carboxylic acids is 1. The van der Waals surface area contributed by atoms with Gasteiger partial charge in [0.2, 0.25) is 0 Å². The number of thiocarbonyl (C=S) groups is 1. The monoisotopic (exact) mass is 532 g/mol. The molecule has 31 heavy (non-hydrogen) atoms. The molecule has 0 spiro atoms. The quantitative estimate of drug-likeness (QED) is 0.272. The van der Waals surface area contributed by atoms with E-state index in [2.05, 4.69) is 15.9 Å². The van der Waals surface area contributed by atoms with Crippen LogP contribution in [0.15, 0.2) is 64.0 Å². The Morgan fingerprint density at radius 1 is 1.13 bits per heavy atom. The van der Waals surface area contributed by atoms with Crippen LogP contribution in [0.25, 0.3) is 6.08 Å². The van der Waals surface area contributed by atoms with Crippen molar-refractivity contribution in [2.75, 3.05) is 5.01 Å². The number of aryl methyl sites for hydroxylation is 2. The van der Waals surface area contributed by atoms with E-state index in [9.17, 15) is 4.79 Å². The van der Waals surface area contributed by atoms with Gasteiger partial charge in [-0.05, 0) is 68.5 Å². The number of rotatable bonds is 5. The van der Waals surface area contributed by atoms with Gasteiger partial charge in [-0.3, -0.25) is 9.47 Å². The number of hydrogen-bond donors (Lipinski definition) is 0. The summed E-state index contributed by atoms with van der Waals surface area (Å²) in [6.45, 7) is 4.22. The first-order valence-electron chi connectivity index (χ1n) is 9.44. The highest BCUT2D eigenvalue weighted by Crippen LogP contribution is 2.35. The number of hydrogen-bond acceptors (Lipinski definition) is 4. The molecule has 1 aliphatic rings. The van der Waals surface area contributed by atoms with Gasteiger partial charge < -0.3 is 4.74 Å². The van der Waals surface area contributed by atoms with E-state index < -0.39 is 0 Å². The Morgan fingerprint density at radius 2 is 1.84 bits per heavy atom. The maximum atomic E-state index is 13.2. The molecule has 0 saturated carbocycles. The second-order valence-corrected chi connectivity index (χ2v) is 9.98. The van der Waals surface area contributed by atoms with Crippen molar-refractivity contribution in [2.45, 2.75) is 20.5 Å². The van der Waals surface area contributed by atoms with Crippen molar-refractivity contribution < 1.29 is 9.53 Å². The molecule has 1 saturated heterocycles. The van der Waals surface area contributed by atoms with Crippen molar-refractivity contribution in [3.8, 4) is 5.75 Å². The highest BCUT2D eigenvalue weighted by Gasteiger charge is 2.35. The molecule has 1 aliphatic heterocycles. The SMILES string of the molecule is Cc1ccc(C)n1N1C(=O)/C(=C\c2cc(Br)ccc2OCc2ccccc2Cl)SC1=S. The Hall–Kier alpha value is -2.06. The van der Waals surface area contributed by atoms with Crippen LogP contribution in [0.5, 0.6) is 5.75 Å². The standard InChI is InChI=1S/C23H18BrClN2O2S2/c1-14-7-8-15(2)26(14)27-22(28)21(31-23(27)30)12-17-11-18(24)9-10-20(17)29-13-16-5-3-4-6-19(16)25/h3-12H,13H2,1-2H3/b21-12+. The molecule has 1 fully saturated rings. The summed E-state index contributed by atoms with van der Waals surface area (Å²) in [6.07, 6.45) is 1.82. The van der Waals surface area contributed by atoms with Crippen molar-refractivity contribution in [1.82, 2.24) is 4.68 Å². The topological polar surface area (TPSA) is 34.5 Å². The lowest BCUT2D eigenvalue weighted by Crippen LogP contribution is -2.39. The third kappa shape index (κ3) is 4.60. The number of ether oxygens (including phenoxy) is 1. The van der Waals surface area contributed by atoms with Gasteiger partial charge in [0.25, 0.3) is 5.91 Å². The third-order valence-corrected chi connectivity index (χ3v) is 6.95. The van der Waals surface area contributed by atoms with Gasteiger partial charge in [0.1, 0.15) is 12.4 Å². The van der Waals surface area contributed by atoms with Crippen LogP contribution in [-0.4, -0.2) is 14.9 Å². The summed E-state index contributed by atoms with van der Waals surface area (Å²) in [6, 6.07) is 17.2. The molecule has 0 atom stereocenters. The average molecular weight is 534 g/mol. The van der Waals surface area contributed by atoms with Gasteiger partial charge in [-0.25, -0.2) is 0 Å². The van der Waals surface area contributed by atoms with E-state index in [0.29, 0.717) is 26.6 Å². The molecule has 1 amide bonds. The van der Waals surface area contributed by atoms with Crippen molar-refractivity contribution in [3.63, 3.8) is 0 Å². The van der Waals surface area contributed by atoms with Gasteiger partial charge >= 0.3 is 0 Å². The Bertz CT molecular complexity index is 1200. The maximum absolute atomic E-state index is 13.2. The van der Waals surface area contributed by atoms with Crippen LogP contribution in [-0.2, 0) is 11.4 Å². The molecule has 0 bridgehead atoms. The average Bonchev–Trinajstić information content (AvgIpc) is 3.19. The second-order valence-electron chi connectivity index (χ2n) is 6.98. The molecule has 1 aromatic heterocycles. The minimum atomic E-state index is -0.158. The molecule has 3 aromatic rings. The minimum absolute atomic E-state index is 0.158. The van der Waals surface area contributed by atoms with E-state index >= 15 is 0 Å². The second kappa shape index (κ2) is 9.20. The zero-order valence-corrected chi connectivity index (χ0v) is 20.7. The molecule has 2 heterocycles. The van der Waals surface area contributed by atoms with Crippen molar-refractivity contribution in [3.05, 3.63) is 91.5 Å². The molecule has 158 valence electrons. The van der Waals surface area contributed by atoms with E-state index in [1.54, 1.807) is 5.01 Å². The van der Waals surface area contributed by atoms with E-state index in [4.69, 9.17) is 28.6 Å². The van der Waals surface area contributed by atoms with E-state index in [0.717, 1.165) is 27.0 Å². The first-order chi connectivity index (χ1) is 14.8. The summed E-state index contributed by atoms with van der Waals surface area (Å²) in [4.78, 5) is 13.7. The molecule has 4 nitrogen and oxygen atoms in total. The van der Waals surface area contributed by atoms with Crippen LogP contribution in [0.4, 0.5) is 0 Å². The van der Waals surface area contributed by atoms with Gasteiger partial charge in [0.15, 0.2) is 4.32 Å². The molecule has 0 N–H and O–H groups in total. The van der Waals surface area contributed by atoms with E-state index in [1.807, 2.05) is 79.2 Å². The highest BCUT2D eigenvalue weighted by molar-refractivity contribution is 9.10. The first-order valence-corrected chi connectivity index (χ1v) is 11.8. The number of aromatic nitrogens is 1. The van der Waals surface area contributed by atoms with Crippen LogP contribution in [0, 0.1) is 13.8 Å². The van der Waals surface area contributed by atoms with E-state index in [-0.39, 0.29) is 5.91 Å². The smallest absolute Gasteiger partial charge is 0.285 e. The zero-order valence-electron chi connectivity index (χ0n) is 16.8. The Kier molecular flexibility index (Phi) is 6.57. The van der Waals surface area contributed by atoms with E-state index in [1.165, 1.54) is 11.8 Å². The van der Waals surface area contributed by atoms with Crippen molar-refractivity contribution >= 4 is 67.8 Å².